The molecule has 162 valence electrons. The van der Waals surface area contributed by atoms with E-state index in [1.54, 1.807) is 0 Å². The molecule has 1 aromatic rings. The summed E-state index contributed by atoms with van der Waals surface area (Å²) in [5, 5.41) is 0. The first kappa shape index (κ1) is 22.1. The topological polar surface area (TPSA) is 73.0 Å². The maximum Gasteiger partial charge on any atom is 0.254 e. The molecule has 1 amide bonds. The number of carbonyl (C=O) groups is 1. The molecule has 0 saturated carbocycles. The number of piperazine rings is 1. The third kappa shape index (κ3) is 5.93. The summed E-state index contributed by atoms with van der Waals surface area (Å²) in [6.45, 7) is 9.53. The van der Waals surface area contributed by atoms with Gasteiger partial charge in [0.2, 0.25) is 10.0 Å². The zero-order valence-electron chi connectivity index (χ0n) is 17.8. The van der Waals surface area contributed by atoms with Gasteiger partial charge in [0.25, 0.3) is 5.91 Å². The standard InChI is InChI=1S/C21H34N4O3S/c1-17(2)23-12-14-24(15-13-23)19-9-7-18(8-10-19)21(26)25-11-5-4-6-20(25)16-22-29(3,27)28/h7-10,17,20,22H,4-6,11-16H2,1-3H3. The second kappa shape index (κ2) is 9.45. The highest BCUT2D eigenvalue weighted by Crippen LogP contribution is 2.22. The van der Waals surface area contributed by atoms with Crippen LogP contribution in [-0.4, -0.2) is 81.7 Å². The highest BCUT2D eigenvalue weighted by Gasteiger charge is 2.28. The quantitative estimate of drug-likeness (QED) is 0.756. The Morgan fingerprint density at radius 1 is 1.07 bits per heavy atom. The van der Waals surface area contributed by atoms with Crippen LogP contribution < -0.4 is 9.62 Å². The van der Waals surface area contributed by atoms with E-state index >= 15 is 0 Å². The van der Waals surface area contributed by atoms with Crippen molar-refractivity contribution in [2.24, 2.45) is 0 Å². The van der Waals surface area contributed by atoms with Crippen molar-refractivity contribution in [2.45, 2.75) is 45.2 Å². The monoisotopic (exact) mass is 422 g/mol. The molecule has 7 nitrogen and oxygen atoms in total. The molecule has 0 spiro atoms. The van der Waals surface area contributed by atoms with Crippen LogP contribution in [0.15, 0.2) is 24.3 Å². The van der Waals surface area contributed by atoms with Crippen LogP contribution in [-0.2, 0) is 10.0 Å². The summed E-state index contributed by atoms with van der Waals surface area (Å²) in [7, 11) is -3.26. The summed E-state index contributed by atoms with van der Waals surface area (Å²) in [6.07, 6.45) is 3.95. The van der Waals surface area contributed by atoms with Crippen molar-refractivity contribution < 1.29 is 13.2 Å². The van der Waals surface area contributed by atoms with E-state index < -0.39 is 10.0 Å². The van der Waals surface area contributed by atoms with Crippen molar-refractivity contribution >= 4 is 21.6 Å². The van der Waals surface area contributed by atoms with Crippen molar-refractivity contribution in [3.63, 3.8) is 0 Å². The van der Waals surface area contributed by atoms with Crippen LogP contribution in [0.4, 0.5) is 5.69 Å². The summed E-state index contributed by atoms with van der Waals surface area (Å²) < 4.78 is 25.4. The summed E-state index contributed by atoms with van der Waals surface area (Å²) in [5.41, 5.74) is 1.82. The summed E-state index contributed by atoms with van der Waals surface area (Å²) in [6, 6.07) is 8.36. The van der Waals surface area contributed by atoms with Gasteiger partial charge in [0.1, 0.15) is 0 Å². The van der Waals surface area contributed by atoms with Crippen LogP contribution in [0, 0.1) is 0 Å². The van der Waals surface area contributed by atoms with Crippen LogP contribution in [0.25, 0.3) is 0 Å². The third-order valence-corrected chi connectivity index (χ3v) is 6.68. The number of carbonyl (C=O) groups excluding carboxylic acids is 1. The molecule has 1 aromatic carbocycles. The molecule has 1 atom stereocenters. The Balaban J connectivity index is 1.63. The van der Waals surface area contributed by atoms with E-state index in [1.807, 2.05) is 29.2 Å². The second-order valence-corrected chi connectivity index (χ2v) is 10.3. The van der Waals surface area contributed by atoms with E-state index in [1.165, 1.54) is 0 Å². The van der Waals surface area contributed by atoms with Gasteiger partial charge in [-0.2, -0.15) is 0 Å². The average molecular weight is 423 g/mol. The van der Waals surface area contributed by atoms with E-state index in [0.717, 1.165) is 57.4 Å². The smallest absolute Gasteiger partial charge is 0.254 e. The van der Waals surface area contributed by atoms with Gasteiger partial charge in [-0.3, -0.25) is 9.69 Å². The molecule has 2 fully saturated rings. The molecule has 0 bridgehead atoms. The molecule has 1 N–H and O–H groups in total. The van der Waals surface area contributed by atoms with Crippen LogP contribution in [0.1, 0.15) is 43.5 Å². The Labute approximate surface area is 175 Å². The lowest BCUT2D eigenvalue weighted by molar-refractivity contribution is 0.0619. The van der Waals surface area contributed by atoms with E-state index in [2.05, 4.69) is 28.4 Å². The molecular weight excluding hydrogens is 388 g/mol. The summed E-state index contributed by atoms with van der Waals surface area (Å²) in [5.74, 6) is -0.0128. The summed E-state index contributed by atoms with van der Waals surface area (Å²) in [4.78, 5) is 19.7. The fourth-order valence-corrected chi connectivity index (χ4v) is 4.70. The minimum atomic E-state index is -3.26. The van der Waals surface area contributed by atoms with E-state index in [4.69, 9.17) is 0 Å². The molecule has 2 aliphatic heterocycles. The number of rotatable bonds is 6. The lowest BCUT2D eigenvalue weighted by Gasteiger charge is -2.38. The fourth-order valence-electron chi connectivity index (χ4n) is 4.20. The normalized spacial score (nSPS) is 21.6. The Morgan fingerprint density at radius 2 is 1.72 bits per heavy atom. The molecule has 2 saturated heterocycles. The molecule has 2 aliphatic rings. The lowest BCUT2D eigenvalue weighted by Crippen LogP contribution is -2.49. The molecule has 8 heteroatoms. The maximum atomic E-state index is 13.1. The molecule has 1 unspecified atom stereocenters. The minimum Gasteiger partial charge on any atom is -0.369 e. The highest BCUT2D eigenvalue weighted by atomic mass is 32.2. The number of nitrogens with zero attached hydrogens (tertiary/aromatic N) is 3. The average Bonchev–Trinajstić information content (AvgIpc) is 2.71. The van der Waals surface area contributed by atoms with Gasteiger partial charge in [0.15, 0.2) is 0 Å². The predicted molar refractivity (Wildman–Crippen MR) is 117 cm³/mol. The van der Waals surface area contributed by atoms with Gasteiger partial charge in [-0.15, -0.1) is 0 Å². The van der Waals surface area contributed by atoms with Gasteiger partial charge in [0, 0.05) is 62.6 Å². The molecular formula is C21H34N4O3S. The van der Waals surface area contributed by atoms with Crippen molar-refractivity contribution in [2.75, 3.05) is 50.4 Å². The van der Waals surface area contributed by atoms with Gasteiger partial charge in [-0.05, 0) is 57.4 Å². The van der Waals surface area contributed by atoms with E-state index in [-0.39, 0.29) is 18.5 Å². The first-order valence-electron chi connectivity index (χ1n) is 10.6. The number of anilines is 1. The number of benzene rings is 1. The lowest BCUT2D eigenvalue weighted by atomic mass is 10.0. The van der Waals surface area contributed by atoms with Gasteiger partial charge >= 0.3 is 0 Å². The molecule has 0 radical (unpaired) electrons. The predicted octanol–water partition coefficient (Wildman–Crippen LogP) is 1.76. The molecule has 2 heterocycles. The zero-order valence-corrected chi connectivity index (χ0v) is 18.6. The molecule has 29 heavy (non-hydrogen) atoms. The van der Waals surface area contributed by atoms with Crippen molar-refractivity contribution in [1.82, 2.24) is 14.5 Å². The number of piperidine rings is 1. The molecule has 0 aliphatic carbocycles. The Bertz CT molecular complexity index is 787. The Hall–Kier alpha value is -1.64. The van der Waals surface area contributed by atoms with Crippen LogP contribution >= 0.6 is 0 Å². The van der Waals surface area contributed by atoms with Gasteiger partial charge in [0.05, 0.1) is 6.26 Å². The summed E-state index contributed by atoms with van der Waals surface area (Å²) >= 11 is 0. The SMILES string of the molecule is CC(C)N1CCN(c2ccc(C(=O)N3CCCCC3CNS(C)(=O)=O)cc2)CC1. The van der Waals surface area contributed by atoms with Crippen LogP contribution in [0.2, 0.25) is 0 Å². The van der Waals surface area contributed by atoms with Gasteiger partial charge < -0.3 is 9.80 Å². The zero-order chi connectivity index (χ0) is 21.0. The number of likely N-dealkylation sites (tertiary alicyclic amines) is 1. The number of amides is 1. The fraction of sp³-hybridized carbons (Fsp3) is 0.667. The Kier molecular flexibility index (Phi) is 7.19. The van der Waals surface area contributed by atoms with Crippen molar-refractivity contribution in [3.8, 4) is 0 Å². The Morgan fingerprint density at radius 3 is 2.31 bits per heavy atom. The highest BCUT2D eigenvalue weighted by molar-refractivity contribution is 7.88. The van der Waals surface area contributed by atoms with E-state index in [0.29, 0.717) is 18.2 Å². The van der Waals surface area contributed by atoms with Crippen molar-refractivity contribution in [3.05, 3.63) is 29.8 Å². The third-order valence-electron chi connectivity index (χ3n) is 5.99. The number of nitrogens with one attached hydrogen (secondary N) is 1. The van der Waals surface area contributed by atoms with Crippen molar-refractivity contribution in [1.29, 1.82) is 0 Å². The number of sulfonamides is 1. The van der Waals surface area contributed by atoms with Gasteiger partial charge in [-0.25, -0.2) is 13.1 Å². The number of hydrogen-bond acceptors (Lipinski definition) is 5. The maximum absolute atomic E-state index is 13.1. The minimum absolute atomic E-state index is 0.0128. The van der Waals surface area contributed by atoms with Gasteiger partial charge in [-0.1, -0.05) is 0 Å². The number of hydrogen-bond donors (Lipinski definition) is 1. The van der Waals surface area contributed by atoms with E-state index in [9.17, 15) is 13.2 Å². The second-order valence-electron chi connectivity index (χ2n) is 8.43. The van der Waals surface area contributed by atoms with Crippen LogP contribution in [0.3, 0.4) is 0 Å². The first-order valence-corrected chi connectivity index (χ1v) is 12.5. The largest absolute Gasteiger partial charge is 0.369 e. The molecule has 0 aromatic heterocycles. The molecule has 3 rings (SSSR count). The first-order chi connectivity index (χ1) is 13.7. The van der Waals surface area contributed by atoms with Crippen LogP contribution in [0.5, 0.6) is 0 Å².